The van der Waals surface area contributed by atoms with Crippen molar-refractivity contribution >= 4 is 153 Å². The summed E-state index contributed by atoms with van der Waals surface area (Å²) in [5.74, 6) is 1.01. The molecule has 0 aliphatic rings. The Hall–Kier alpha value is -5.49. The van der Waals surface area contributed by atoms with E-state index in [1.165, 1.54) is 23.6 Å². The fourth-order valence-electron chi connectivity index (χ4n) is 8.90. The summed E-state index contributed by atoms with van der Waals surface area (Å²) in [7, 11) is 8.29. The van der Waals surface area contributed by atoms with Gasteiger partial charge in [0, 0.05) is 93.8 Å². The van der Waals surface area contributed by atoms with Gasteiger partial charge in [-0.2, -0.15) is 0 Å². The molecule has 10 rings (SSSR count). The third kappa shape index (κ3) is 18.8. The maximum absolute atomic E-state index is 12.3. The number of methoxy groups -OCH3 is 2. The van der Waals surface area contributed by atoms with Crippen molar-refractivity contribution in [1.29, 1.82) is 0 Å². The van der Waals surface area contributed by atoms with E-state index in [-0.39, 0.29) is 27.8 Å². The largest absolute Gasteiger partial charge is 0.495 e. The molecule has 5 heterocycles. The van der Waals surface area contributed by atoms with Crippen molar-refractivity contribution in [3.05, 3.63) is 154 Å². The van der Waals surface area contributed by atoms with Crippen LogP contribution < -0.4 is 37.3 Å². The summed E-state index contributed by atoms with van der Waals surface area (Å²) in [6.45, 7) is 24.0. The van der Waals surface area contributed by atoms with Gasteiger partial charge >= 0.3 is 0 Å². The summed E-state index contributed by atoms with van der Waals surface area (Å²) in [5.41, 5.74) is 3.59. The highest BCUT2D eigenvalue weighted by Gasteiger charge is 2.19. The standard InChI is InChI=1S/C15H23ClN2O3Si.C14H20BrClN2O2Si.C14H21ClN2O2Si.C9H9ClN2O2.C8H7ClN2O/c1-17-15(19)11-8-14(20-2)12(16)9-13(11)18(17)10-21-6-7-22(3,4)5;1-17-14(19)10-7-11(15)12(16)8-13(10)18(17)9-20-5-6-21(2,3)4;1-16-14(18)12-6-5-11(15)9-13(12)17(16)10-19-7-8-20(2,3)4;1-12-9(13)5-3-8(14-2)6(10)4-7(5)11-12;1-11-8(12)6-3-2-5(9)4-7(6)10-11/h8-9H,6-7,10H2,1-5H3;7-8H,5-6,9H2,1-4H3;5-6,9H,7-8,10H2,1-4H3;3-4,11H,1-2H3;2-4,10H,1H3. The predicted octanol–water partition coefficient (Wildman–Crippen LogP) is 13.7. The highest BCUT2D eigenvalue weighted by molar-refractivity contribution is 9.10. The second-order valence-electron chi connectivity index (χ2n) is 24.9. The molecule has 0 fully saturated rings. The summed E-state index contributed by atoms with van der Waals surface area (Å²) in [6, 6.07) is 24.1. The number of hydrogen-bond acceptors (Lipinski definition) is 10. The molecule has 5 aromatic heterocycles. The molecule has 484 valence electrons. The maximum atomic E-state index is 12.3. The van der Waals surface area contributed by atoms with Crippen LogP contribution in [0.3, 0.4) is 0 Å². The van der Waals surface area contributed by atoms with Gasteiger partial charge in [-0.3, -0.25) is 71.6 Å². The third-order valence-electron chi connectivity index (χ3n) is 14.3. The maximum Gasteiger partial charge on any atom is 0.274 e. The number of nitrogens with one attached hydrogen (secondary N) is 2. The van der Waals surface area contributed by atoms with Crippen LogP contribution in [0.5, 0.6) is 11.5 Å². The quantitative estimate of drug-likeness (QED) is 0.0652. The fourth-order valence-corrected chi connectivity index (χ4v) is 12.5. The molecule has 10 aromatic rings. The van der Waals surface area contributed by atoms with Gasteiger partial charge in [0.05, 0.1) is 83.8 Å². The first-order valence-corrected chi connectivity index (χ1v) is 42.2. The van der Waals surface area contributed by atoms with E-state index in [4.69, 9.17) is 81.7 Å². The second-order valence-corrected chi connectivity index (χ2v) is 44.7. The topological polar surface area (TPSA) is 203 Å². The van der Waals surface area contributed by atoms with Crippen LogP contribution in [0, 0.1) is 0 Å². The Morgan fingerprint density at radius 3 is 1.20 bits per heavy atom. The Kier molecular flexibility index (Phi) is 25.1. The smallest absolute Gasteiger partial charge is 0.274 e. The predicted molar refractivity (Wildman–Crippen MR) is 377 cm³/mol. The Morgan fingerprint density at radius 2 is 0.764 bits per heavy atom. The van der Waals surface area contributed by atoms with Gasteiger partial charge in [-0.15, -0.1) is 0 Å². The zero-order valence-electron chi connectivity index (χ0n) is 53.2. The Labute approximate surface area is 552 Å². The lowest BCUT2D eigenvalue weighted by atomic mass is 10.2. The van der Waals surface area contributed by atoms with Crippen LogP contribution in [0.25, 0.3) is 54.5 Å². The molecule has 0 aliphatic carbocycles. The number of hydrogen-bond donors (Lipinski definition) is 2. The summed E-state index contributed by atoms with van der Waals surface area (Å²) in [4.78, 5) is 59.5. The molecule has 0 aliphatic heterocycles. The molecule has 0 saturated carbocycles. The number of aryl methyl sites for hydroxylation is 2. The van der Waals surface area contributed by atoms with Crippen molar-refractivity contribution in [2.75, 3.05) is 34.0 Å². The number of halogens is 6. The van der Waals surface area contributed by atoms with Crippen LogP contribution in [0.4, 0.5) is 0 Å². The van der Waals surface area contributed by atoms with Crippen molar-refractivity contribution in [2.45, 2.75) is 97.2 Å². The molecule has 0 bridgehead atoms. The van der Waals surface area contributed by atoms with Crippen molar-refractivity contribution < 1.29 is 23.7 Å². The average Bonchev–Trinajstić information content (AvgIpc) is 2.03. The number of benzene rings is 5. The monoisotopic (exact) mass is 1440 g/mol. The van der Waals surface area contributed by atoms with Crippen LogP contribution in [-0.2, 0) is 69.6 Å². The number of fused-ring (bicyclic) bond motifs is 5. The van der Waals surface area contributed by atoms with Gasteiger partial charge in [0.25, 0.3) is 27.8 Å². The lowest BCUT2D eigenvalue weighted by molar-refractivity contribution is 0.0735. The minimum Gasteiger partial charge on any atom is -0.495 e. The number of ether oxygens (including phenoxy) is 5. The number of aromatic nitrogens is 10. The van der Waals surface area contributed by atoms with Crippen molar-refractivity contribution in [3.8, 4) is 11.5 Å². The summed E-state index contributed by atoms with van der Waals surface area (Å²) >= 11 is 33.3. The van der Waals surface area contributed by atoms with Gasteiger partial charge < -0.3 is 23.7 Å². The van der Waals surface area contributed by atoms with E-state index in [1.54, 1.807) is 127 Å². The van der Waals surface area contributed by atoms with E-state index < -0.39 is 24.2 Å². The highest BCUT2D eigenvalue weighted by Crippen LogP contribution is 2.31. The van der Waals surface area contributed by atoms with Crippen LogP contribution in [0.15, 0.2) is 101 Å². The minimum absolute atomic E-state index is 0.0227. The molecule has 89 heavy (non-hydrogen) atoms. The molecule has 0 radical (unpaired) electrons. The molecule has 0 atom stereocenters. The lowest BCUT2D eigenvalue weighted by Crippen LogP contribution is -2.24. The van der Waals surface area contributed by atoms with E-state index in [0.717, 1.165) is 51.3 Å². The van der Waals surface area contributed by atoms with Crippen molar-refractivity contribution in [2.24, 2.45) is 35.2 Å². The molecule has 0 amide bonds. The van der Waals surface area contributed by atoms with E-state index in [1.807, 2.05) is 9.36 Å². The van der Waals surface area contributed by atoms with Gasteiger partial charge in [0.1, 0.15) is 31.7 Å². The minimum atomic E-state index is -1.12. The number of H-pyrrole nitrogens is 2. The van der Waals surface area contributed by atoms with Crippen molar-refractivity contribution in [1.82, 2.24) is 47.7 Å². The average molecular weight is 1440 g/mol. The summed E-state index contributed by atoms with van der Waals surface area (Å²) in [5, 5.41) is 11.7. The Balaban J connectivity index is 0.000000180. The zero-order valence-corrected chi connectivity index (χ0v) is 61.6. The van der Waals surface area contributed by atoms with Crippen LogP contribution >= 0.6 is 73.9 Å². The molecule has 20 nitrogen and oxygen atoms in total. The normalized spacial score (nSPS) is 11.8. The van der Waals surface area contributed by atoms with E-state index >= 15 is 0 Å². The van der Waals surface area contributed by atoms with Crippen LogP contribution in [0.1, 0.15) is 0 Å². The summed E-state index contributed by atoms with van der Waals surface area (Å²) < 4.78 is 41.2. The molecular weight excluding hydrogens is 1360 g/mol. The van der Waals surface area contributed by atoms with Crippen LogP contribution in [0.2, 0.25) is 102 Å². The van der Waals surface area contributed by atoms with Crippen LogP contribution in [-0.4, -0.2) is 106 Å². The van der Waals surface area contributed by atoms with Gasteiger partial charge in [-0.05, 0) is 107 Å². The molecule has 0 spiro atoms. The molecule has 29 heteroatoms. The number of nitrogens with zero attached hydrogens (tertiary/aromatic N) is 8. The first-order valence-electron chi connectivity index (χ1n) is 28.4. The fraction of sp³-hybridized carbons (Fsp3) is 0.417. The zero-order chi connectivity index (χ0) is 66.2. The molecule has 0 unspecified atom stereocenters. The summed E-state index contributed by atoms with van der Waals surface area (Å²) in [6.07, 6.45) is 0. The lowest BCUT2D eigenvalue weighted by Gasteiger charge is -2.16. The van der Waals surface area contributed by atoms with Gasteiger partial charge in [-0.1, -0.05) is 117 Å². The number of aromatic amines is 2. The van der Waals surface area contributed by atoms with Gasteiger partial charge in [0.2, 0.25) is 0 Å². The molecule has 2 N–H and O–H groups in total. The first-order chi connectivity index (χ1) is 41.6. The molecular formula is C60H80BrCl5N10O10Si3. The Bertz CT molecular complexity index is 4440. The highest BCUT2D eigenvalue weighted by atomic mass is 79.9. The molecule has 5 aromatic carbocycles. The van der Waals surface area contributed by atoms with Gasteiger partial charge in [-0.25, -0.2) is 0 Å². The van der Waals surface area contributed by atoms with Gasteiger partial charge in [0.15, 0.2) is 0 Å². The second kappa shape index (κ2) is 30.8. The number of rotatable bonds is 17. The van der Waals surface area contributed by atoms with E-state index in [0.29, 0.717) is 102 Å². The SMILES string of the molecule is COc1cc2c(=O)n(C)[nH]c2cc1Cl.COc1cc2c(=O)n(C)n(COCC[Si](C)(C)C)c2cc1Cl.Cn1[nH]c2cc(Cl)ccc2c1=O.Cn1c(=O)c2cc(Br)c(Cl)cc2n1COCC[Si](C)(C)C.Cn1c(=O)c2ccc(Cl)cc2n1COCC[Si](C)(C)C. The first kappa shape index (κ1) is 72.6. The van der Waals surface area contributed by atoms with E-state index in [2.05, 4.69) is 85.1 Å². The Morgan fingerprint density at radius 1 is 0.416 bits per heavy atom. The van der Waals surface area contributed by atoms with E-state index in [9.17, 15) is 24.0 Å². The third-order valence-corrected chi connectivity index (χ3v) is 21.7. The van der Waals surface area contributed by atoms with Crippen molar-refractivity contribution in [3.63, 3.8) is 0 Å². The molecule has 0 saturated heterocycles.